The number of halogens is 1. The van der Waals surface area contributed by atoms with Crippen LogP contribution in [-0.4, -0.2) is 32.4 Å². The van der Waals surface area contributed by atoms with Crippen LogP contribution in [-0.2, 0) is 11.8 Å². The van der Waals surface area contributed by atoms with E-state index in [1.807, 2.05) is 23.9 Å². The average molecular weight is 313 g/mol. The molecule has 1 aliphatic rings. The van der Waals surface area contributed by atoms with Crippen LogP contribution < -0.4 is 5.32 Å². The van der Waals surface area contributed by atoms with Crippen molar-refractivity contribution >= 4 is 16.7 Å². The van der Waals surface area contributed by atoms with Gasteiger partial charge in [0, 0.05) is 32.1 Å². The summed E-state index contributed by atoms with van der Waals surface area (Å²) in [6.07, 6.45) is 5.42. The maximum Gasteiger partial charge on any atom is 0.143 e. The monoisotopic (exact) mass is 313 g/mol. The lowest BCUT2D eigenvalue weighted by atomic mass is 10.1. The number of pyridine rings is 2. The zero-order valence-electron chi connectivity index (χ0n) is 12.6. The Balaban J connectivity index is 1.66. The van der Waals surface area contributed by atoms with E-state index < -0.39 is 0 Å². The largest absolute Gasteiger partial charge is 0.377 e. The summed E-state index contributed by atoms with van der Waals surface area (Å²) in [4.78, 5) is 8.34. The fraction of sp³-hybridized carbons (Fsp3) is 0.312. The predicted octanol–water partition coefficient (Wildman–Crippen LogP) is 2.44. The second-order valence-corrected chi connectivity index (χ2v) is 5.59. The van der Waals surface area contributed by atoms with Crippen molar-refractivity contribution in [1.82, 2.24) is 19.7 Å². The minimum atomic E-state index is -0.390. The SMILES string of the molecule is Cn1nccc1[C@H]1OCC[C@@H]1Nc1ccnc2cc(F)cnc12. The molecule has 0 spiro atoms. The van der Waals surface area contributed by atoms with Gasteiger partial charge in [0.05, 0.1) is 29.1 Å². The molecule has 23 heavy (non-hydrogen) atoms. The molecule has 1 aliphatic heterocycles. The lowest BCUT2D eigenvalue weighted by molar-refractivity contribution is 0.101. The molecule has 1 fully saturated rings. The Labute approximate surface area is 132 Å². The minimum absolute atomic E-state index is 0.0776. The van der Waals surface area contributed by atoms with Gasteiger partial charge in [-0.25, -0.2) is 9.37 Å². The van der Waals surface area contributed by atoms with Crippen LogP contribution in [0.2, 0.25) is 0 Å². The van der Waals surface area contributed by atoms with Gasteiger partial charge in [-0.05, 0) is 18.6 Å². The zero-order chi connectivity index (χ0) is 15.8. The molecular formula is C16H16FN5O. The van der Waals surface area contributed by atoms with Gasteiger partial charge in [0.1, 0.15) is 17.4 Å². The van der Waals surface area contributed by atoms with Gasteiger partial charge in [0.25, 0.3) is 0 Å². The van der Waals surface area contributed by atoms with E-state index in [-0.39, 0.29) is 18.0 Å². The first kappa shape index (κ1) is 14.1. The van der Waals surface area contributed by atoms with Crippen LogP contribution in [0.1, 0.15) is 18.2 Å². The van der Waals surface area contributed by atoms with Crippen LogP contribution in [0.15, 0.2) is 36.8 Å². The number of nitrogens with zero attached hydrogens (tertiary/aromatic N) is 4. The third-order valence-corrected chi connectivity index (χ3v) is 4.13. The Bertz CT molecular complexity index is 849. The molecule has 7 heteroatoms. The molecule has 6 nitrogen and oxygen atoms in total. The van der Waals surface area contributed by atoms with Gasteiger partial charge >= 0.3 is 0 Å². The van der Waals surface area contributed by atoms with Gasteiger partial charge in [0.2, 0.25) is 0 Å². The fourth-order valence-corrected chi connectivity index (χ4v) is 3.01. The van der Waals surface area contributed by atoms with E-state index in [2.05, 4.69) is 20.4 Å². The van der Waals surface area contributed by atoms with Crippen molar-refractivity contribution in [3.8, 4) is 0 Å². The van der Waals surface area contributed by atoms with Gasteiger partial charge < -0.3 is 10.1 Å². The number of nitrogens with one attached hydrogen (secondary N) is 1. The predicted molar refractivity (Wildman–Crippen MR) is 83.4 cm³/mol. The first-order chi connectivity index (χ1) is 11.2. The van der Waals surface area contributed by atoms with Gasteiger partial charge in [-0.15, -0.1) is 0 Å². The highest BCUT2D eigenvalue weighted by Gasteiger charge is 2.32. The van der Waals surface area contributed by atoms with E-state index >= 15 is 0 Å². The first-order valence-corrected chi connectivity index (χ1v) is 7.48. The third kappa shape index (κ3) is 2.53. The second-order valence-electron chi connectivity index (χ2n) is 5.59. The van der Waals surface area contributed by atoms with E-state index in [0.717, 1.165) is 17.8 Å². The number of rotatable bonds is 3. The molecule has 4 rings (SSSR count). The number of aryl methyl sites for hydroxylation is 1. The molecule has 3 aromatic rings. The number of aromatic nitrogens is 4. The van der Waals surface area contributed by atoms with Crippen LogP contribution >= 0.6 is 0 Å². The molecule has 0 radical (unpaired) electrons. The first-order valence-electron chi connectivity index (χ1n) is 7.48. The smallest absolute Gasteiger partial charge is 0.143 e. The Morgan fingerprint density at radius 1 is 1.30 bits per heavy atom. The maximum absolute atomic E-state index is 13.3. The van der Waals surface area contributed by atoms with Crippen LogP contribution in [0, 0.1) is 5.82 Å². The lowest BCUT2D eigenvalue weighted by Gasteiger charge is -2.21. The van der Waals surface area contributed by atoms with Crippen molar-refractivity contribution in [1.29, 1.82) is 0 Å². The summed E-state index contributed by atoms with van der Waals surface area (Å²) < 4.78 is 21.0. The molecule has 0 aliphatic carbocycles. The van der Waals surface area contributed by atoms with Gasteiger partial charge in [-0.2, -0.15) is 5.10 Å². The van der Waals surface area contributed by atoms with E-state index in [9.17, 15) is 4.39 Å². The van der Waals surface area contributed by atoms with Gasteiger partial charge in [-0.3, -0.25) is 9.67 Å². The summed E-state index contributed by atoms with van der Waals surface area (Å²) in [5.41, 5.74) is 3.05. The highest BCUT2D eigenvalue weighted by Crippen LogP contribution is 2.32. The molecule has 0 saturated carbocycles. The van der Waals surface area contributed by atoms with Gasteiger partial charge in [-0.1, -0.05) is 0 Å². The molecule has 3 aromatic heterocycles. The third-order valence-electron chi connectivity index (χ3n) is 4.13. The Morgan fingerprint density at radius 3 is 3.04 bits per heavy atom. The Kier molecular flexibility index (Phi) is 3.42. The highest BCUT2D eigenvalue weighted by molar-refractivity contribution is 5.87. The quantitative estimate of drug-likeness (QED) is 0.804. The number of anilines is 1. The van der Waals surface area contributed by atoms with Crippen molar-refractivity contribution in [3.63, 3.8) is 0 Å². The molecule has 1 saturated heterocycles. The molecule has 0 bridgehead atoms. The van der Waals surface area contributed by atoms with E-state index in [4.69, 9.17) is 4.74 Å². The van der Waals surface area contributed by atoms with Crippen molar-refractivity contribution in [2.75, 3.05) is 11.9 Å². The second kappa shape index (κ2) is 5.58. The van der Waals surface area contributed by atoms with Gasteiger partial charge in [0.15, 0.2) is 0 Å². The van der Waals surface area contributed by atoms with Crippen LogP contribution in [0.4, 0.5) is 10.1 Å². The summed E-state index contributed by atoms with van der Waals surface area (Å²) in [7, 11) is 1.90. The molecule has 2 atom stereocenters. The summed E-state index contributed by atoms with van der Waals surface area (Å²) in [6.45, 7) is 0.679. The maximum atomic E-state index is 13.3. The number of ether oxygens (including phenoxy) is 1. The molecule has 0 aromatic carbocycles. The fourth-order valence-electron chi connectivity index (χ4n) is 3.01. The van der Waals surface area contributed by atoms with E-state index in [1.165, 1.54) is 12.3 Å². The zero-order valence-corrected chi connectivity index (χ0v) is 12.6. The number of hydrogen-bond acceptors (Lipinski definition) is 5. The van der Waals surface area contributed by atoms with Crippen molar-refractivity contribution in [3.05, 3.63) is 48.3 Å². The summed E-state index contributed by atoms with van der Waals surface area (Å²) >= 11 is 0. The topological polar surface area (TPSA) is 64.9 Å². The molecule has 118 valence electrons. The highest BCUT2D eigenvalue weighted by atomic mass is 19.1. The Hall–Kier alpha value is -2.54. The molecule has 0 unspecified atom stereocenters. The van der Waals surface area contributed by atoms with Crippen molar-refractivity contribution < 1.29 is 9.13 Å². The molecule has 0 amide bonds. The van der Waals surface area contributed by atoms with Crippen molar-refractivity contribution in [2.24, 2.45) is 7.05 Å². The van der Waals surface area contributed by atoms with E-state index in [0.29, 0.717) is 17.6 Å². The Morgan fingerprint density at radius 2 is 2.22 bits per heavy atom. The lowest BCUT2D eigenvalue weighted by Crippen LogP contribution is -2.25. The number of fused-ring (bicyclic) bond motifs is 1. The normalized spacial score (nSPS) is 21.0. The van der Waals surface area contributed by atoms with Crippen molar-refractivity contribution in [2.45, 2.75) is 18.6 Å². The molecule has 1 N–H and O–H groups in total. The molecule has 4 heterocycles. The minimum Gasteiger partial charge on any atom is -0.377 e. The van der Waals surface area contributed by atoms with E-state index in [1.54, 1.807) is 12.4 Å². The summed E-state index contributed by atoms with van der Waals surface area (Å²) in [6, 6.07) is 5.30. The number of hydrogen-bond donors (Lipinski definition) is 1. The standard InChI is InChI=1S/C16H16FN5O/c1-22-14(3-6-20-22)16-12(4-7-23-16)21-11-2-5-18-13-8-10(17)9-19-15(11)13/h2-3,5-6,8-9,12,16H,4,7H2,1H3,(H,18,21)/t12-,16-/m0/s1. The summed E-state index contributed by atoms with van der Waals surface area (Å²) in [5, 5.41) is 7.69. The summed E-state index contributed by atoms with van der Waals surface area (Å²) in [5.74, 6) is -0.390. The van der Waals surface area contributed by atoms with Crippen LogP contribution in [0.5, 0.6) is 0 Å². The van der Waals surface area contributed by atoms with Crippen LogP contribution in [0.25, 0.3) is 11.0 Å². The average Bonchev–Trinajstić information content (AvgIpc) is 3.15. The van der Waals surface area contributed by atoms with Crippen LogP contribution in [0.3, 0.4) is 0 Å². The molecular weight excluding hydrogens is 297 g/mol.